The number of alkyl halides is 3. The summed E-state index contributed by atoms with van der Waals surface area (Å²) in [5, 5.41) is 8.13. The summed E-state index contributed by atoms with van der Waals surface area (Å²) in [7, 11) is 0. The van der Waals surface area contributed by atoms with Crippen molar-refractivity contribution in [1.29, 1.82) is 0 Å². The maximum absolute atomic E-state index is 11.2. The van der Waals surface area contributed by atoms with Gasteiger partial charge in [0.25, 0.3) is 0 Å². The predicted molar refractivity (Wildman–Crippen MR) is 25.6 cm³/mol. The van der Waals surface area contributed by atoms with Crippen LogP contribution in [-0.2, 0) is 11.1 Å². The van der Waals surface area contributed by atoms with Crippen LogP contribution in [0.25, 0.3) is 0 Å². The van der Waals surface area contributed by atoms with Gasteiger partial charge in [0.1, 0.15) is 5.44 Å². The molecule has 0 amide bonds. The zero-order valence-corrected chi connectivity index (χ0v) is 5.41. The lowest BCUT2D eigenvalue weighted by Crippen LogP contribution is -2.22. The molecule has 2 atom stereocenters. The molecular formula is C3H4F3O3S-. The molecule has 0 aromatic rings. The van der Waals surface area contributed by atoms with E-state index in [0.29, 0.717) is 0 Å². The molecular weight excluding hydrogens is 173 g/mol. The molecule has 0 aliphatic carbocycles. The van der Waals surface area contributed by atoms with Crippen molar-refractivity contribution in [2.24, 2.45) is 0 Å². The van der Waals surface area contributed by atoms with Crippen LogP contribution in [0, 0.1) is 0 Å². The van der Waals surface area contributed by atoms with Gasteiger partial charge in [-0.25, -0.2) is 0 Å². The highest BCUT2D eigenvalue weighted by atomic mass is 32.2. The van der Waals surface area contributed by atoms with Gasteiger partial charge in [-0.05, 0) is 11.1 Å². The van der Waals surface area contributed by atoms with Gasteiger partial charge in [0.2, 0.25) is 0 Å². The third-order valence-electron chi connectivity index (χ3n) is 0.628. The van der Waals surface area contributed by atoms with Crippen LogP contribution in [0.5, 0.6) is 0 Å². The van der Waals surface area contributed by atoms with Gasteiger partial charge in [-0.15, -0.1) is 0 Å². The predicted octanol–water partition coefficient (Wildman–Crippen LogP) is 0.136. The first kappa shape index (κ1) is 9.86. The summed E-state index contributed by atoms with van der Waals surface area (Å²) in [6.45, 7) is 0. The average molecular weight is 177 g/mol. The van der Waals surface area contributed by atoms with Crippen LogP contribution in [-0.4, -0.2) is 25.5 Å². The second kappa shape index (κ2) is 3.31. The van der Waals surface area contributed by atoms with Crippen LogP contribution in [0.1, 0.15) is 6.42 Å². The van der Waals surface area contributed by atoms with E-state index in [1.54, 1.807) is 0 Å². The van der Waals surface area contributed by atoms with Gasteiger partial charge in [0.05, 0.1) is 6.42 Å². The lowest BCUT2D eigenvalue weighted by molar-refractivity contribution is -0.145. The molecule has 0 bridgehead atoms. The van der Waals surface area contributed by atoms with Crippen LogP contribution in [0.4, 0.5) is 13.2 Å². The zero-order valence-electron chi connectivity index (χ0n) is 4.59. The summed E-state index contributed by atoms with van der Waals surface area (Å²) < 4.78 is 53.0. The normalized spacial score (nSPS) is 18.5. The Bertz CT molecular complexity index is 133. The molecule has 62 valence electrons. The monoisotopic (exact) mass is 177 g/mol. The van der Waals surface area contributed by atoms with E-state index in [1.807, 2.05) is 0 Å². The lowest BCUT2D eigenvalue weighted by Gasteiger charge is -2.14. The Balaban J connectivity index is 3.80. The molecule has 2 unspecified atom stereocenters. The van der Waals surface area contributed by atoms with Crippen molar-refractivity contribution in [2.75, 3.05) is 0 Å². The molecule has 10 heavy (non-hydrogen) atoms. The number of hydrogen-bond donors (Lipinski definition) is 1. The van der Waals surface area contributed by atoms with Crippen molar-refractivity contribution in [3.8, 4) is 0 Å². The Morgan fingerprint density at radius 1 is 1.60 bits per heavy atom. The summed E-state index contributed by atoms with van der Waals surface area (Å²) in [6, 6.07) is 0. The summed E-state index contributed by atoms with van der Waals surface area (Å²) >= 11 is -3.07. The topological polar surface area (TPSA) is 60.4 Å². The highest BCUT2D eigenvalue weighted by molar-refractivity contribution is 7.79. The van der Waals surface area contributed by atoms with Gasteiger partial charge < -0.3 is 9.66 Å². The molecule has 0 rings (SSSR count). The van der Waals surface area contributed by atoms with E-state index in [4.69, 9.17) is 5.11 Å². The van der Waals surface area contributed by atoms with Crippen molar-refractivity contribution in [2.45, 2.75) is 18.0 Å². The van der Waals surface area contributed by atoms with Crippen LogP contribution in [0.2, 0.25) is 0 Å². The Labute approximate surface area is 57.1 Å². The largest absolute Gasteiger partial charge is 0.770 e. The standard InChI is InChI=1S/C3H5F3O3S/c4-3(5,6)1-2(7)10(8)9/h2,7H,1H2,(H,8,9)/p-1. The van der Waals surface area contributed by atoms with E-state index in [-0.39, 0.29) is 0 Å². The first-order valence-corrected chi connectivity index (χ1v) is 3.29. The number of rotatable bonds is 2. The Hall–Kier alpha value is -0.140. The Morgan fingerprint density at radius 3 is 2.10 bits per heavy atom. The second-order valence-electron chi connectivity index (χ2n) is 1.53. The summed E-state index contributed by atoms with van der Waals surface area (Å²) in [4.78, 5) is 0. The van der Waals surface area contributed by atoms with Gasteiger partial charge >= 0.3 is 6.18 Å². The van der Waals surface area contributed by atoms with Crippen LogP contribution in [0.3, 0.4) is 0 Å². The minimum atomic E-state index is -4.64. The molecule has 0 aliphatic heterocycles. The quantitative estimate of drug-likeness (QED) is 0.610. The number of aliphatic hydroxyl groups is 1. The molecule has 0 fully saturated rings. The number of aliphatic hydroxyl groups excluding tert-OH is 1. The third-order valence-corrected chi connectivity index (χ3v) is 1.24. The maximum Gasteiger partial charge on any atom is 0.392 e. The fourth-order valence-corrected chi connectivity index (χ4v) is 0.591. The molecule has 0 saturated carbocycles. The lowest BCUT2D eigenvalue weighted by atomic mass is 10.4. The molecule has 0 aliphatic rings. The molecule has 1 N–H and O–H groups in total. The van der Waals surface area contributed by atoms with Gasteiger partial charge in [-0.3, -0.25) is 4.21 Å². The minimum Gasteiger partial charge on any atom is -0.770 e. The van der Waals surface area contributed by atoms with E-state index in [1.165, 1.54) is 0 Å². The Kier molecular flexibility index (Phi) is 3.26. The molecule has 0 saturated heterocycles. The van der Waals surface area contributed by atoms with Gasteiger partial charge in [0, 0.05) is 0 Å². The van der Waals surface area contributed by atoms with Crippen molar-refractivity contribution in [1.82, 2.24) is 0 Å². The molecule has 0 heterocycles. The first-order chi connectivity index (χ1) is 4.33. The fraction of sp³-hybridized carbons (Fsp3) is 1.00. The van der Waals surface area contributed by atoms with Crippen LogP contribution >= 0.6 is 0 Å². The van der Waals surface area contributed by atoms with Gasteiger partial charge in [-0.1, -0.05) is 0 Å². The summed E-state index contributed by atoms with van der Waals surface area (Å²) in [5.74, 6) is 0. The Morgan fingerprint density at radius 2 is 2.00 bits per heavy atom. The van der Waals surface area contributed by atoms with Crippen molar-refractivity contribution in [3.63, 3.8) is 0 Å². The molecule has 7 heteroatoms. The minimum absolute atomic E-state index is 1.72. The smallest absolute Gasteiger partial charge is 0.392 e. The average Bonchev–Trinajstić information content (AvgIpc) is 1.60. The molecule has 0 radical (unpaired) electrons. The first-order valence-electron chi connectivity index (χ1n) is 2.16. The second-order valence-corrected chi connectivity index (χ2v) is 2.60. The SMILES string of the molecule is O=S([O-])C(O)CC(F)(F)F. The van der Waals surface area contributed by atoms with Crippen molar-refractivity contribution >= 4 is 11.1 Å². The van der Waals surface area contributed by atoms with Crippen molar-refractivity contribution < 1.29 is 27.0 Å². The molecule has 0 aromatic carbocycles. The highest BCUT2D eigenvalue weighted by Crippen LogP contribution is 2.21. The van der Waals surface area contributed by atoms with E-state index < -0.39 is 29.1 Å². The van der Waals surface area contributed by atoms with Gasteiger partial charge in [0.15, 0.2) is 0 Å². The maximum atomic E-state index is 11.2. The summed E-state index contributed by atoms with van der Waals surface area (Å²) in [5.41, 5.74) is -2.35. The van der Waals surface area contributed by atoms with E-state index >= 15 is 0 Å². The van der Waals surface area contributed by atoms with E-state index in [9.17, 15) is 21.9 Å². The van der Waals surface area contributed by atoms with E-state index in [2.05, 4.69) is 0 Å². The number of hydrogen-bond acceptors (Lipinski definition) is 3. The zero-order chi connectivity index (χ0) is 8.36. The van der Waals surface area contributed by atoms with Crippen LogP contribution < -0.4 is 0 Å². The van der Waals surface area contributed by atoms with E-state index in [0.717, 1.165) is 0 Å². The molecule has 0 spiro atoms. The highest BCUT2D eigenvalue weighted by Gasteiger charge is 2.31. The fourth-order valence-electron chi connectivity index (χ4n) is 0.266. The third kappa shape index (κ3) is 4.71. The van der Waals surface area contributed by atoms with Gasteiger partial charge in [-0.2, -0.15) is 13.2 Å². The van der Waals surface area contributed by atoms with Crippen molar-refractivity contribution in [3.05, 3.63) is 0 Å². The number of halogens is 3. The molecule has 3 nitrogen and oxygen atoms in total. The molecule has 0 aromatic heterocycles. The summed E-state index contributed by atoms with van der Waals surface area (Å²) in [6.07, 6.45) is -6.36. The van der Waals surface area contributed by atoms with Crippen LogP contribution in [0.15, 0.2) is 0 Å².